The Kier molecular flexibility index (Phi) is 5.65. The number of methoxy groups -OCH3 is 1. The minimum atomic E-state index is -0.156. The highest BCUT2D eigenvalue weighted by molar-refractivity contribution is 9.10. The Hall–Kier alpha value is -0.720. The minimum Gasteiger partial charge on any atom is -0.394 e. The lowest BCUT2D eigenvalue weighted by molar-refractivity contribution is 0.153. The van der Waals surface area contributed by atoms with Crippen LogP contribution in [0, 0.1) is 0 Å². The first-order chi connectivity index (χ1) is 7.69. The number of nitrogens with one attached hydrogen (secondary N) is 1. The molecule has 0 amide bonds. The van der Waals surface area contributed by atoms with Crippen LogP contribution in [0.3, 0.4) is 0 Å². The van der Waals surface area contributed by atoms with E-state index < -0.39 is 0 Å². The Morgan fingerprint density at radius 2 is 2.31 bits per heavy atom. The second kappa shape index (κ2) is 6.78. The van der Waals surface area contributed by atoms with Crippen LogP contribution in [0.15, 0.2) is 10.7 Å². The third kappa shape index (κ3) is 4.03. The maximum Gasteiger partial charge on any atom is 0.131 e. The average Bonchev–Trinajstić information content (AvgIpc) is 2.27. The molecule has 0 aliphatic heterocycles. The molecule has 0 aliphatic carbocycles. The number of anilines is 1. The highest BCUT2D eigenvalue weighted by atomic mass is 79.9. The summed E-state index contributed by atoms with van der Waals surface area (Å²) >= 11 is 3.32. The van der Waals surface area contributed by atoms with E-state index in [9.17, 15) is 0 Å². The molecule has 1 aromatic heterocycles. The van der Waals surface area contributed by atoms with Gasteiger partial charge in [0, 0.05) is 19.6 Å². The molecule has 0 fully saturated rings. The maximum atomic E-state index is 9.12. The maximum absolute atomic E-state index is 9.12. The van der Waals surface area contributed by atoms with Crippen LogP contribution < -0.4 is 5.32 Å². The van der Waals surface area contributed by atoms with Crippen LogP contribution in [0.4, 0.5) is 5.82 Å². The predicted molar refractivity (Wildman–Crippen MR) is 65.5 cm³/mol. The Labute approximate surface area is 103 Å². The molecular weight excluding hydrogens is 274 g/mol. The number of rotatable bonds is 6. The van der Waals surface area contributed by atoms with Crippen LogP contribution in [-0.4, -0.2) is 41.4 Å². The predicted octanol–water partition coefficient (Wildman–Crippen LogP) is 1.22. The van der Waals surface area contributed by atoms with E-state index in [1.807, 2.05) is 6.92 Å². The summed E-state index contributed by atoms with van der Waals surface area (Å²) in [6.07, 6.45) is 0.766. The van der Waals surface area contributed by atoms with Gasteiger partial charge in [-0.05, 0) is 15.9 Å². The van der Waals surface area contributed by atoms with Gasteiger partial charge < -0.3 is 15.2 Å². The third-order valence-electron chi connectivity index (χ3n) is 2.00. The fraction of sp³-hybridized carbons (Fsp3) is 0.600. The summed E-state index contributed by atoms with van der Waals surface area (Å²) in [5.41, 5.74) is 0. The van der Waals surface area contributed by atoms with E-state index in [-0.39, 0.29) is 12.6 Å². The quantitative estimate of drug-likeness (QED) is 0.771. The number of nitrogens with zero attached hydrogens (tertiary/aromatic N) is 2. The van der Waals surface area contributed by atoms with Crippen molar-refractivity contribution in [3.05, 3.63) is 16.5 Å². The molecule has 0 spiro atoms. The lowest BCUT2D eigenvalue weighted by Gasteiger charge is -2.16. The molecule has 1 unspecified atom stereocenters. The van der Waals surface area contributed by atoms with Crippen LogP contribution in [0.1, 0.15) is 12.7 Å². The van der Waals surface area contributed by atoms with Crippen molar-refractivity contribution in [2.24, 2.45) is 0 Å². The van der Waals surface area contributed by atoms with Gasteiger partial charge in [0.25, 0.3) is 0 Å². The first kappa shape index (κ1) is 13.3. The van der Waals surface area contributed by atoms with Crippen molar-refractivity contribution < 1.29 is 9.84 Å². The molecule has 0 aromatic carbocycles. The van der Waals surface area contributed by atoms with Gasteiger partial charge in [-0.3, -0.25) is 0 Å². The monoisotopic (exact) mass is 289 g/mol. The Bertz CT molecular complexity index is 336. The smallest absolute Gasteiger partial charge is 0.131 e. The zero-order valence-electron chi connectivity index (χ0n) is 9.40. The first-order valence-electron chi connectivity index (χ1n) is 5.09. The summed E-state index contributed by atoms with van der Waals surface area (Å²) in [5, 5.41) is 12.2. The number of hydrogen-bond acceptors (Lipinski definition) is 5. The summed E-state index contributed by atoms with van der Waals surface area (Å²) in [6, 6.07) is 1.62. The van der Waals surface area contributed by atoms with Gasteiger partial charge in [0.1, 0.15) is 16.2 Å². The molecule has 6 heteroatoms. The van der Waals surface area contributed by atoms with E-state index in [2.05, 4.69) is 31.2 Å². The summed E-state index contributed by atoms with van der Waals surface area (Å²) in [7, 11) is 1.59. The molecule has 1 atom stereocenters. The van der Waals surface area contributed by atoms with Crippen LogP contribution in [0.25, 0.3) is 0 Å². The van der Waals surface area contributed by atoms with Gasteiger partial charge in [-0.15, -0.1) is 0 Å². The molecular formula is C10H16BrN3O2. The number of halogens is 1. The van der Waals surface area contributed by atoms with Crippen molar-refractivity contribution in [2.45, 2.75) is 19.4 Å². The number of aromatic nitrogens is 2. The zero-order valence-corrected chi connectivity index (χ0v) is 11.0. The molecule has 0 saturated heterocycles. The van der Waals surface area contributed by atoms with Crippen LogP contribution >= 0.6 is 15.9 Å². The van der Waals surface area contributed by atoms with Gasteiger partial charge in [0.15, 0.2) is 0 Å². The van der Waals surface area contributed by atoms with Crippen molar-refractivity contribution >= 4 is 21.7 Å². The van der Waals surface area contributed by atoms with Gasteiger partial charge in [-0.2, -0.15) is 0 Å². The lowest BCUT2D eigenvalue weighted by Crippen LogP contribution is -2.29. The van der Waals surface area contributed by atoms with Crippen molar-refractivity contribution in [3.8, 4) is 0 Å². The number of aryl methyl sites for hydroxylation is 1. The largest absolute Gasteiger partial charge is 0.394 e. The van der Waals surface area contributed by atoms with E-state index in [0.29, 0.717) is 12.4 Å². The van der Waals surface area contributed by atoms with E-state index in [4.69, 9.17) is 9.84 Å². The fourth-order valence-corrected chi connectivity index (χ4v) is 1.67. The van der Waals surface area contributed by atoms with E-state index in [1.165, 1.54) is 0 Å². The number of ether oxygens (including phenoxy) is 1. The normalized spacial score (nSPS) is 12.5. The third-order valence-corrected chi connectivity index (χ3v) is 2.40. The summed E-state index contributed by atoms with van der Waals surface area (Å²) in [4.78, 5) is 8.51. The number of aliphatic hydroxyl groups excluding tert-OH is 1. The van der Waals surface area contributed by atoms with Gasteiger partial charge in [-0.1, -0.05) is 6.92 Å². The van der Waals surface area contributed by atoms with Crippen LogP contribution in [-0.2, 0) is 11.2 Å². The summed E-state index contributed by atoms with van der Waals surface area (Å²) in [5.74, 6) is 1.45. The van der Waals surface area contributed by atoms with E-state index in [0.717, 1.165) is 16.8 Å². The molecule has 16 heavy (non-hydrogen) atoms. The van der Waals surface area contributed by atoms with E-state index in [1.54, 1.807) is 13.2 Å². The van der Waals surface area contributed by atoms with Crippen LogP contribution in [0.2, 0.25) is 0 Å². The lowest BCUT2D eigenvalue weighted by atomic mass is 10.3. The Balaban J connectivity index is 2.74. The van der Waals surface area contributed by atoms with Gasteiger partial charge in [0.05, 0.1) is 19.3 Å². The topological polar surface area (TPSA) is 67.3 Å². The summed E-state index contributed by atoms with van der Waals surface area (Å²) < 4.78 is 5.71. The Morgan fingerprint density at radius 3 is 2.88 bits per heavy atom. The highest BCUT2D eigenvalue weighted by Crippen LogP contribution is 2.13. The molecule has 0 saturated carbocycles. The molecule has 0 bridgehead atoms. The van der Waals surface area contributed by atoms with Crippen molar-refractivity contribution in [2.75, 3.05) is 25.6 Å². The van der Waals surface area contributed by atoms with Crippen molar-refractivity contribution in [3.63, 3.8) is 0 Å². The average molecular weight is 290 g/mol. The molecule has 1 aromatic rings. The molecule has 2 N–H and O–H groups in total. The molecule has 1 rings (SSSR count). The molecule has 1 heterocycles. The highest BCUT2D eigenvalue weighted by Gasteiger charge is 2.09. The van der Waals surface area contributed by atoms with Crippen LogP contribution in [0.5, 0.6) is 0 Å². The summed E-state index contributed by atoms with van der Waals surface area (Å²) in [6.45, 7) is 2.42. The van der Waals surface area contributed by atoms with Gasteiger partial charge >= 0.3 is 0 Å². The van der Waals surface area contributed by atoms with E-state index >= 15 is 0 Å². The molecule has 0 aliphatic rings. The van der Waals surface area contributed by atoms with Crippen molar-refractivity contribution in [1.29, 1.82) is 0 Å². The molecule has 90 valence electrons. The minimum absolute atomic E-state index is 0.00306. The van der Waals surface area contributed by atoms with Crippen molar-refractivity contribution in [1.82, 2.24) is 9.97 Å². The van der Waals surface area contributed by atoms with Gasteiger partial charge in [-0.25, -0.2) is 9.97 Å². The molecule has 0 radical (unpaired) electrons. The second-order valence-corrected chi connectivity index (χ2v) is 4.14. The zero-order chi connectivity index (χ0) is 12.0. The Morgan fingerprint density at radius 1 is 1.56 bits per heavy atom. The molecule has 5 nitrogen and oxygen atoms in total. The second-order valence-electron chi connectivity index (χ2n) is 3.32. The standard InChI is InChI=1S/C10H16BrN3O2/c1-3-9-13-8(11)4-10(14-9)12-7(5-15)6-16-2/h4,7,15H,3,5-6H2,1-2H3,(H,12,13,14). The number of hydrogen-bond donors (Lipinski definition) is 2. The van der Waals surface area contributed by atoms with Gasteiger partial charge in [0.2, 0.25) is 0 Å². The fourth-order valence-electron chi connectivity index (χ4n) is 1.25. The first-order valence-corrected chi connectivity index (χ1v) is 5.88. The number of aliphatic hydroxyl groups is 1. The SMILES string of the molecule is CCc1nc(Br)cc(NC(CO)COC)n1.